The van der Waals surface area contributed by atoms with Crippen LogP contribution >= 0.6 is 0 Å². The highest BCUT2D eigenvalue weighted by molar-refractivity contribution is 5.96. The smallest absolute Gasteiger partial charge is 0.258 e. The molecule has 1 aromatic carbocycles. The van der Waals surface area contributed by atoms with Crippen molar-refractivity contribution < 1.29 is 14.3 Å². The third-order valence-electron chi connectivity index (χ3n) is 2.64. The first-order chi connectivity index (χ1) is 8.54. The Morgan fingerprint density at radius 2 is 2.00 bits per heavy atom. The molecule has 1 atom stereocenters. The molecule has 18 heavy (non-hydrogen) atoms. The molecule has 0 fully saturated rings. The van der Waals surface area contributed by atoms with Crippen molar-refractivity contribution in [3.63, 3.8) is 0 Å². The van der Waals surface area contributed by atoms with Crippen molar-refractivity contribution in [3.05, 3.63) is 29.8 Å². The van der Waals surface area contributed by atoms with Crippen LogP contribution in [0.25, 0.3) is 0 Å². The molecule has 0 aliphatic carbocycles. The van der Waals surface area contributed by atoms with Gasteiger partial charge in [-0.1, -0.05) is 19.1 Å². The van der Waals surface area contributed by atoms with Gasteiger partial charge in [-0.3, -0.25) is 9.59 Å². The Bertz CT molecular complexity index is 429. The van der Waals surface area contributed by atoms with E-state index in [1.165, 1.54) is 6.92 Å². The number of nitrogens with one attached hydrogen (secondary N) is 1. The highest BCUT2D eigenvalue weighted by Gasteiger charge is 2.10. The predicted octanol–water partition coefficient (Wildman–Crippen LogP) is 2.18. The summed E-state index contributed by atoms with van der Waals surface area (Å²) in [6, 6.07) is 7.04. The number of benzene rings is 1. The molecule has 1 unspecified atom stereocenters. The van der Waals surface area contributed by atoms with E-state index in [1.807, 2.05) is 13.8 Å². The Kier molecular flexibility index (Phi) is 5.36. The van der Waals surface area contributed by atoms with Crippen molar-refractivity contribution in [2.75, 3.05) is 6.61 Å². The van der Waals surface area contributed by atoms with Crippen molar-refractivity contribution in [1.82, 2.24) is 5.32 Å². The van der Waals surface area contributed by atoms with Gasteiger partial charge in [0.05, 0.1) is 5.56 Å². The van der Waals surface area contributed by atoms with Crippen LogP contribution in [0.3, 0.4) is 0 Å². The molecule has 1 aromatic rings. The number of rotatable bonds is 6. The third-order valence-corrected chi connectivity index (χ3v) is 2.64. The van der Waals surface area contributed by atoms with Crippen LogP contribution in [-0.4, -0.2) is 24.3 Å². The molecule has 1 N–H and O–H groups in total. The summed E-state index contributed by atoms with van der Waals surface area (Å²) in [6.07, 6.45) is 0.871. The van der Waals surface area contributed by atoms with Crippen LogP contribution in [0, 0.1) is 0 Å². The van der Waals surface area contributed by atoms with Gasteiger partial charge in [-0.15, -0.1) is 0 Å². The lowest BCUT2D eigenvalue weighted by molar-refractivity contribution is -0.123. The van der Waals surface area contributed by atoms with Gasteiger partial charge < -0.3 is 10.1 Å². The number of ether oxygens (including phenoxy) is 1. The number of hydrogen-bond donors (Lipinski definition) is 1. The van der Waals surface area contributed by atoms with Crippen LogP contribution in [0.15, 0.2) is 24.3 Å². The van der Waals surface area contributed by atoms with Crippen LogP contribution in [-0.2, 0) is 4.79 Å². The zero-order valence-electron chi connectivity index (χ0n) is 11.0. The Morgan fingerprint density at radius 1 is 1.33 bits per heavy atom. The van der Waals surface area contributed by atoms with Gasteiger partial charge in [0.15, 0.2) is 12.4 Å². The second-order valence-corrected chi connectivity index (χ2v) is 4.22. The third kappa shape index (κ3) is 4.20. The topological polar surface area (TPSA) is 55.4 Å². The number of carbonyl (C=O) groups excluding carboxylic acids is 2. The van der Waals surface area contributed by atoms with Crippen LogP contribution in [0.5, 0.6) is 5.75 Å². The van der Waals surface area contributed by atoms with Crippen molar-refractivity contribution >= 4 is 11.7 Å². The van der Waals surface area contributed by atoms with Gasteiger partial charge in [0.1, 0.15) is 5.75 Å². The second-order valence-electron chi connectivity index (χ2n) is 4.22. The molecule has 1 rings (SSSR count). The van der Waals surface area contributed by atoms with E-state index in [1.54, 1.807) is 24.3 Å². The van der Waals surface area contributed by atoms with E-state index in [4.69, 9.17) is 4.74 Å². The highest BCUT2D eigenvalue weighted by Crippen LogP contribution is 2.18. The first kappa shape index (κ1) is 14.2. The van der Waals surface area contributed by atoms with E-state index in [-0.39, 0.29) is 24.3 Å². The van der Waals surface area contributed by atoms with Gasteiger partial charge >= 0.3 is 0 Å². The molecule has 0 radical (unpaired) electrons. The number of ketones is 1. The molecule has 4 nitrogen and oxygen atoms in total. The SMILES string of the molecule is CCC(C)NC(=O)COc1ccccc1C(C)=O. The van der Waals surface area contributed by atoms with Crippen molar-refractivity contribution in [1.29, 1.82) is 0 Å². The summed E-state index contributed by atoms with van der Waals surface area (Å²) in [5, 5.41) is 2.80. The van der Waals surface area contributed by atoms with Gasteiger partial charge in [0.2, 0.25) is 0 Å². The van der Waals surface area contributed by atoms with Gasteiger partial charge in [-0.25, -0.2) is 0 Å². The lowest BCUT2D eigenvalue weighted by Crippen LogP contribution is -2.35. The maximum Gasteiger partial charge on any atom is 0.258 e. The molecule has 0 aliphatic heterocycles. The molecular formula is C14H19NO3. The predicted molar refractivity (Wildman–Crippen MR) is 69.8 cm³/mol. The van der Waals surface area contributed by atoms with E-state index in [9.17, 15) is 9.59 Å². The number of Topliss-reactive ketones (excluding diaryl/α,β-unsaturated/α-hetero) is 1. The lowest BCUT2D eigenvalue weighted by Gasteiger charge is -2.13. The fourth-order valence-electron chi connectivity index (χ4n) is 1.45. The van der Waals surface area contributed by atoms with Crippen molar-refractivity contribution in [2.45, 2.75) is 33.2 Å². The molecule has 0 saturated carbocycles. The Labute approximate surface area is 107 Å². The minimum Gasteiger partial charge on any atom is -0.483 e. The Morgan fingerprint density at radius 3 is 2.61 bits per heavy atom. The summed E-state index contributed by atoms with van der Waals surface area (Å²) in [6.45, 7) is 5.33. The minimum absolute atomic E-state index is 0.0748. The quantitative estimate of drug-likeness (QED) is 0.786. The summed E-state index contributed by atoms with van der Waals surface area (Å²) in [4.78, 5) is 22.9. The van der Waals surface area contributed by atoms with Crippen molar-refractivity contribution in [2.24, 2.45) is 0 Å². The maximum atomic E-state index is 11.5. The minimum atomic E-state index is -0.178. The first-order valence-corrected chi connectivity index (χ1v) is 6.06. The number of hydrogen-bond acceptors (Lipinski definition) is 3. The van der Waals surface area contributed by atoms with Gasteiger partial charge in [-0.05, 0) is 32.4 Å². The monoisotopic (exact) mass is 249 g/mol. The first-order valence-electron chi connectivity index (χ1n) is 6.06. The average molecular weight is 249 g/mol. The van der Waals surface area contributed by atoms with Gasteiger partial charge in [0, 0.05) is 6.04 Å². The second kappa shape index (κ2) is 6.79. The van der Waals surface area contributed by atoms with Crippen molar-refractivity contribution in [3.8, 4) is 5.75 Å². The largest absolute Gasteiger partial charge is 0.483 e. The standard InChI is InChI=1S/C14H19NO3/c1-4-10(2)15-14(17)9-18-13-8-6-5-7-12(13)11(3)16/h5-8,10H,4,9H2,1-3H3,(H,15,17). The number of para-hydroxylation sites is 1. The fraction of sp³-hybridized carbons (Fsp3) is 0.429. The summed E-state index contributed by atoms with van der Waals surface area (Å²) in [5.74, 6) is 0.194. The fourth-order valence-corrected chi connectivity index (χ4v) is 1.45. The molecule has 0 aliphatic rings. The summed E-state index contributed by atoms with van der Waals surface area (Å²) < 4.78 is 5.37. The maximum absolute atomic E-state index is 11.5. The zero-order valence-corrected chi connectivity index (χ0v) is 11.0. The summed E-state index contributed by atoms with van der Waals surface area (Å²) >= 11 is 0. The number of amides is 1. The van der Waals surface area contributed by atoms with Gasteiger partial charge in [0.25, 0.3) is 5.91 Å². The molecule has 0 bridgehead atoms. The molecule has 0 aromatic heterocycles. The van der Waals surface area contributed by atoms with Crippen LogP contribution in [0.1, 0.15) is 37.6 Å². The normalized spacial score (nSPS) is 11.7. The van der Waals surface area contributed by atoms with E-state index in [2.05, 4.69) is 5.32 Å². The molecule has 98 valence electrons. The average Bonchev–Trinajstić information content (AvgIpc) is 2.36. The molecule has 4 heteroatoms. The number of carbonyl (C=O) groups is 2. The van der Waals surface area contributed by atoms with Crippen LogP contribution < -0.4 is 10.1 Å². The lowest BCUT2D eigenvalue weighted by atomic mass is 10.1. The van der Waals surface area contributed by atoms with E-state index < -0.39 is 0 Å². The molecule has 0 heterocycles. The summed E-state index contributed by atoms with van der Waals surface area (Å²) in [5.41, 5.74) is 0.494. The van der Waals surface area contributed by atoms with Crippen LogP contribution in [0.4, 0.5) is 0 Å². The van der Waals surface area contributed by atoms with E-state index in [0.29, 0.717) is 11.3 Å². The van der Waals surface area contributed by atoms with Gasteiger partial charge in [-0.2, -0.15) is 0 Å². The molecule has 0 saturated heterocycles. The molecular weight excluding hydrogens is 230 g/mol. The summed E-state index contributed by atoms with van der Waals surface area (Å²) in [7, 11) is 0. The van der Waals surface area contributed by atoms with E-state index >= 15 is 0 Å². The zero-order chi connectivity index (χ0) is 13.5. The highest BCUT2D eigenvalue weighted by atomic mass is 16.5. The Balaban J connectivity index is 2.58. The molecule has 1 amide bonds. The molecule has 0 spiro atoms. The van der Waals surface area contributed by atoms with Crippen LogP contribution in [0.2, 0.25) is 0 Å². The van der Waals surface area contributed by atoms with E-state index in [0.717, 1.165) is 6.42 Å². The Hall–Kier alpha value is -1.84.